The number of rotatable bonds is 6. The van der Waals surface area contributed by atoms with E-state index in [1.54, 1.807) is 18.8 Å². The number of unbranched alkanes of at least 4 members (excludes halogenated alkanes) is 1. The maximum atomic E-state index is 12.2. The van der Waals surface area contributed by atoms with Gasteiger partial charge in [-0.1, -0.05) is 39.0 Å². The predicted octanol–water partition coefficient (Wildman–Crippen LogP) is 2.11. The summed E-state index contributed by atoms with van der Waals surface area (Å²) in [7, 11) is 1.63. The Hall–Kier alpha value is -1.50. The molecule has 2 aromatic rings. The molecule has 0 aliphatic heterocycles. The molecule has 0 saturated carbocycles. The van der Waals surface area contributed by atoms with Crippen molar-refractivity contribution in [2.75, 3.05) is 0 Å². The quantitative estimate of drug-likeness (QED) is 0.829. The minimum Gasteiger partial charge on any atom is -0.313 e. The molecule has 0 fully saturated rings. The summed E-state index contributed by atoms with van der Waals surface area (Å²) in [5.74, 6) is 0. The molecule has 0 aliphatic rings. The number of hydrogen-bond donors (Lipinski definition) is 1. The lowest BCUT2D eigenvalue weighted by molar-refractivity contribution is 0.599. The Morgan fingerprint density at radius 1 is 1.33 bits per heavy atom. The lowest BCUT2D eigenvalue weighted by Gasteiger charge is -2.10. The highest BCUT2D eigenvalue weighted by molar-refractivity contribution is 7.99. The standard InChI is InChI=1S/C14H22N4O2S/c1-5-7-8-18-10-11(15-14(18)21-9(3)6-2)17(4)13(20)16-12(10)19/h9H,5-8H2,1-4H3,(H,16,19,20)/t9-/m0/s1. The van der Waals surface area contributed by atoms with Crippen LogP contribution in [0.5, 0.6) is 0 Å². The highest BCUT2D eigenvalue weighted by Crippen LogP contribution is 2.27. The van der Waals surface area contributed by atoms with Crippen LogP contribution in [0.2, 0.25) is 0 Å². The van der Waals surface area contributed by atoms with Crippen LogP contribution in [0.1, 0.15) is 40.0 Å². The van der Waals surface area contributed by atoms with Crippen LogP contribution in [-0.4, -0.2) is 24.4 Å². The summed E-state index contributed by atoms with van der Waals surface area (Å²) in [5, 5.41) is 1.23. The lowest BCUT2D eigenvalue weighted by Crippen LogP contribution is -2.29. The van der Waals surface area contributed by atoms with E-state index < -0.39 is 5.69 Å². The van der Waals surface area contributed by atoms with Crippen molar-refractivity contribution in [3.63, 3.8) is 0 Å². The first-order valence-corrected chi connectivity index (χ1v) is 8.23. The van der Waals surface area contributed by atoms with E-state index in [0.29, 0.717) is 16.4 Å². The molecule has 2 rings (SSSR count). The molecule has 21 heavy (non-hydrogen) atoms. The second-order valence-corrected chi connectivity index (χ2v) is 6.63. The summed E-state index contributed by atoms with van der Waals surface area (Å²) in [6, 6.07) is 0. The molecule has 1 N–H and O–H groups in total. The number of thioether (sulfide) groups is 1. The second-order valence-electron chi connectivity index (χ2n) is 5.23. The fourth-order valence-corrected chi connectivity index (χ4v) is 3.07. The molecule has 2 heterocycles. The average molecular weight is 310 g/mol. The van der Waals surface area contributed by atoms with Gasteiger partial charge in [0.25, 0.3) is 5.56 Å². The zero-order valence-electron chi connectivity index (χ0n) is 13.0. The van der Waals surface area contributed by atoms with Crippen LogP contribution in [-0.2, 0) is 13.6 Å². The number of aromatic nitrogens is 4. The van der Waals surface area contributed by atoms with Crippen LogP contribution < -0.4 is 11.2 Å². The largest absolute Gasteiger partial charge is 0.329 e. The van der Waals surface area contributed by atoms with E-state index in [1.165, 1.54) is 4.57 Å². The van der Waals surface area contributed by atoms with Crippen molar-refractivity contribution in [2.45, 2.75) is 57.0 Å². The second kappa shape index (κ2) is 6.51. The third-order valence-electron chi connectivity index (χ3n) is 3.59. The maximum Gasteiger partial charge on any atom is 0.329 e. The van der Waals surface area contributed by atoms with E-state index >= 15 is 0 Å². The summed E-state index contributed by atoms with van der Waals surface area (Å²) in [4.78, 5) is 30.8. The smallest absolute Gasteiger partial charge is 0.313 e. The summed E-state index contributed by atoms with van der Waals surface area (Å²) in [5.41, 5.74) is 0.183. The van der Waals surface area contributed by atoms with Gasteiger partial charge >= 0.3 is 5.69 Å². The maximum absolute atomic E-state index is 12.2. The van der Waals surface area contributed by atoms with Crippen molar-refractivity contribution in [3.8, 4) is 0 Å². The lowest BCUT2D eigenvalue weighted by atomic mass is 10.3. The van der Waals surface area contributed by atoms with Crippen molar-refractivity contribution in [3.05, 3.63) is 20.8 Å². The normalized spacial score (nSPS) is 13.0. The van der Waals surface area contributed by atoms with Crippen LogP contribution >= 0.6 is 11.8 Å². The molecule has 0 aromatic carbocycles. The van der Waals surface area contributed by atoms with Crippen molar-refractivity contribution < 1.29 is 0 Å². The molecule has 7 heteroatoms. The molecule has 0 spiro atoms. The van der Waals surface area contributed by atoms with Gasteiger partial charge in [0.1, 0.15) is 0 Å². The monoisotopic (exact) mass is 310 g/mol. The molecule has 6 nitrogen and oxygen atoms in total. The van der Waals surface area contributed by atoms with E-state index in [0.717, 1.165) is 31.0 Å². The Morgan fingerprint density at radius 2 is 2.05 bits per heavy atom. The zero-order chi connectivity index (χ0) is 15.6. The van der Waals surface area contributed by atoms with E-state index in [2.05, 4.69) is 30.7 Å². The molecule has 0 unspecified atom stereocenters. The van der Waals surface area contributed by atoms with Gasteiger partial charge in [0.05, 0.1) is 0 Å². The minimum absolute atomic E-state index is 0.354. The van der Waals surface area contributed by atoms with Crippen LogP contribution in [0.25, 0.3) is 11.2 Å². The summed E-state index contributed by atoms with van der Waals surface area (Å²) >= 11 is 1.65. The van der Waals surface area contributed by atoms with Gasteiger partial charge in [-0.3, -0.25) is 14.3 Å². The highest BCUT2D eigenvalue weighted by atomic mass is 32.2. The van der Waals surface area contributed by atoms with Crippen LogP contribution in [0.4, 0.5) is 0 Å². The fraction of sp³-hybridized carbons (Fsp3) is 0.643. The topological polar surface area (TPSA) is 72.7 Å². The van der Waals surface area contributed by atoms with Crippen molar-refractivity contribution in [1.82, 2.24) is 19.1 Å². The first-order chi connectivity index (χ1) is 9.99. The van der Waals surface area contributed by atoms with Gasteiger partial charge in [0, 0.05) is 18.8 Å². The number of aryl methyl sites for hydroxylation is 2. The van der Waals surface area contributed by atoms with E-state index in [-0.39, 0.29) is 5.56 Å². The summed E-state index contributed by atoms with van der Waals surface area (Å²) < 4.78 is 3.35. The van der Waals surface area contributed by atoms with E-state index in [9.17, 15) is 9.59 Å². The first kappa shape index (κ1) is 15.9. The minimum atomic E-state index is -0.423. The Kier molecular flexibility index (Phi) is 4.92. The first-order valence-electron chi connectivity index (χ1n) is 7.35. The number of aromatic amines is 1. The van der Waals surface area contributed by atoms with Crippen LogP contribution in [0.15, 0.2) is 14.7 Å². The van der Waals surface area contributed by atoms with Gasteiger partial charge in [-0.15, -0.1) is 0 Å². The zero-order valence-corrected chi connectivity index (χ0v) is 13.8. The molecule has 2 aromatic heterocycles. The number of hydrogen-bond acceptors (Lipinski definition) is 4. The van der Waals surface area contributed by atoms with Crippen molar-refractivity contribution >= 4 is 22.9 Å². The molecule has 0 aliphatic carbocycles. The third-order valence-corrected chi connectivity index (χ3v) is 4.85. The Balaban J connectivity index is 2.66. The van der Waals surface area contributed by atoms with Gasteiger partial charge < -0.3 is 4.57 Å². The van der Waals surface area contributed by atoms with Gasteiger partial charge in [-0.2, -0.15) is 0 Å². The number of H-pyrrole nitrogens is 1. The van der Waals surface area contributed by atoms with E-state index in [1.807, 2.05) is 4.57 Å². The molecular formula is C14H22N4O2S. The highest BCUT2D eigenvalue weighted by Gasteiger charge is 2.18. The van der Waals surface area contributed by atoms with Crippen molar-refractivity contribution in [1.29, 1.82) is 0 Å². The average Bonchev–Trinajstić information content (AvgIpc) is 2.81. The van der Waals surface area contributed by atoms with Crippen LogP contribution in [0, 0.1) is 0 Å². The number of imidazole rings is 1. The van der Waals surface area contributed by atoms with Gasteiger partial charge in [-0.25, -0.2) is 9.78 Å². The van der Waals surface area contributed by atoms with Crippen LogP contribution in [0.3, 0.4) is 0 Å². The SMILES string of the molecule is CCCCn1c(S[C@@H](C)CC)nc2c1c(=O)[nH]c(=O)n2C. The number of nitrogens with zero attached hydrogens (tertiary/aromatic N) is 3. The predicted molar refractivity (Wildman–Crippen MR) is 86.1 cm³/mol. The Labute approximate surface area is 127 Å². The third kappa shape index (κ3) is 3.07. The van der Waals surface area contributed by atoms with Gasteiger partial charge in [0.2, 0.25) is 0 Å². The molecular weight excluding hydrogens is 288 g/mol. The van der Waals surface area contributed by atoms with Crippen molar-refractivity contribution in [2.24, 2.45) is 7.05 Å². The summed E-state index contributed by atoms with van der Waals surface area (Å²) in [6.07, 6.45) is 3.04. The molecule has 1 atom stereocenters. The summed E-state index contributed by atoms with van der Waals surface area (Å²) in [6.45, 7) is 7.12. The number of fused-ring (bicyclic) bond motifs is 1. The molecule has 0 radical (unpaired) electrons. The van der Waals surface area contributed by atoms with E-state index in [4.69, 9.17) is 0 Å². The molecule has 0 saturated heterocycles. The Morgan fingerprint density at radius 3 is 2.67 bits per heavy atom. The van der Waals surface area contributed by atoms with Gasteiger partial charge in [0.15, 0.2) is 16.3 Å². The Bertz CT molecular complexity index is 744. The number of nitrogens with one attached hydrogen (secondary N) is 1. The molecule has 116 valence electrons. The molecule has 0 bridgehead atoms. The fourth-order valence-electron chi connectivity index (χ4n) is 2.09. The molecule has 0 amide bonds. The van der Waals surface area contributed by atoms with Gasteiger partial charge in [-0.05, 0) is 12.8 Å².